The number of rotatable bonds is 5. The first-order valence-electron chi connectivity index (χ1n) is 9.46. The number of hydrogen-bond donors (Lipinski definition) is 1. The lowest BCUT2D eigenvalue weighted by atomic mass is 10.1. The lowest BCUT2D eigenvalue weighted by Crippen LogP contribution is -2.28. The molecule has 2 aromatic rings. The zero-order valence-corrected chi connectivity index (χ0v) is 17.0. The highest BCUT2D eigenvalue weighted by molar-refractivity contribution is 6.03. The highest BCUT2D eigenvalue weighted by Crippen LogP contribution is 2.28. The van der Waals surface area contributed by atoms with Crippen LogP contribution in [0.4, 0.5) is 11.4 Å². The second-order valence-electron chi connectivity index (χ2n) is 7.15. The molecule has 1 N–H and O–H groups in total. The molecule has 7 nitrogen and oxygen atoms in total. The molecule has 1 unspecified atom stereocenters. The summed E-state index contributed by atoms with van der Waals surface area (Å²) < 4.78 is 5.34. The summed E-state index contributed by atoms with van der Waals surface area (Å²) in [6, 6.07) is 6.21. The fourth-order valence-corrected chi connectivity index (χ4v) is 3.31. The Balaban J connectivity index is 1.74. The third kappa shape index (κ3) is 3.98. The molecule has 1 aliphatic heterocycles. The molecule has 2 amide bonds. The van der Waals surface area contributed by atoms with Crippen molar-refractivity contribution in [2.45, 2.75) is 41.0 Å². The summed E-state index contributed by atoms with van der Waals surface area (Å²) in [5.74, 6) is -0.655. The maximum atomic E-state index is 12.8. The maximum Gasteiger partial charge on any atom is 0.316 e. The summed E-state index contributed by atoms with van der Waals surface area (Å²) in [6.07, 6.45) is 0.189. The molecule has 1 aromatic carbocycles. The molecule has 1 fully saturated rings. The average molecular weight is 382 g/mol. The number of carbonyl (C=O) groups excluding carboxylic acids is 2. The monoisotopic (exact) mass is 382 g/mol. The number of hydrogen-bond acceptors (Lipinski definition) is 5. The Labute approximate surface area is 165 Å². The summed E-state index contributed by atoms with van der Waals surface area (Å²) >= 11 is 0. The number of nitrogens with zero attached hydrogens (tertiary/aromatic N) is 3. The van der Waals surface area contributed by atoms with Crippen molar-refractivity contribution in [3.63, 3.8) is 0 Å². The molecule has 0 radical (unpaired) electrons. The minimum Gasteiger partial charge on any atom is -0.464 e. The third-order valence-electron chi connectivity index (χ3n) is 5.07. The lowest BCUT2D eigenvalue weighted by molar-refractivity contribution is -0.122. The molecule has 1 saturated heterocycles. The Morgan fingerprint density at radius 3 is 2.46 bits per heavy atom. The smallest absolute Gasteiger partial charge is 0.316 e. The average Bonchev–Trinajstić information content (AvgIpc) is 3.02. The number of nitrogens with one attached hydrogen (secondary N) is 1. The van der Waals surface area contributed by atoms with Crippen molar-refractivity contribution in [3.05, 3.63) is 40.7 Å². The number of benzene rings is 1. The van der Waals surface area contributed by atoms with E-state index >= 15 is 0 Å². The molecule has 0 spiro atoms. The molecule has 3 rings (SSSR count). The summed E-state index contributed by atoms with van der Waals surface area (Å²) in [4.78, 5) is 35.5. The van der Waals surface area contributed by atoms with Crippen LogP contribution >= 0.6 is 0 Å². The molecule has 148 valence electrons. The molecule has 1 aromatic heterocycles. The van der Waals surface area contributed by atoms with Gasteiger partial charge >= 0.3 is 6.01 Å². The Morgan fingerprint density at radius 1 is 1.18 bits per heavy atom. The number of aryl methyl sites for hydroxylation is 4. The van der Waals surface area contributed by atoms with Gasteiger partial charge in [0.15, 0.2) is 0 Å². The summed E-state index contributed by atoms with van der Waals surface area (Å²) in [5.41, 5.74) is 4.98. The van der Waals surface area contributed by atoms with E-state index in [4.69, 9.17) is 4.74 Å². The van der Waals surface area contributed by atoms with Crippen LogP contribution in [0.15, 0.2) is 18.2 Å². The standard InChI is InChI=1S/C21H26N4O3/c1-6-28-21-22-14(4)19(15(5)23-21)24-20(27)16-10-18(26)25(11-16)17-8-7-12(2)13(3)9-17/h7-9,16H,6,10-11H2,1-5H3,(H,24,27). The summed E-state index contributed by atoms with van der Waals surface area (Å²) in [6.45, 7) is 10.3. The number of carbonyl (C=O) groups is 2. The van der Waals surface area contributed by atoms with Gasteiger partial charge in [-0.05, 0) is 57.9 Å². The Hall–Kier alpha value is -2.96. The van der Waals surface area contributed by atoms with Crippen molar-refractivity contribution < 1.29 is 14.3 Å². The normalized spacial score (nSPS) is 16.4. The van der Waals surface area contributed by atoms with E-state index in [2.05, 4.69) is 15.3 Å². The molecule has 2 heterocycles. The first-order valence-corrected chi connectivity index (χ1v) is 9.46. The zero-order chi connectivity index (χ0) is 20.4. The van der Waals surface area contributed by atoms with Gasteiger partial charge in [0.1, 0.15) is 0 Å². The SMILES string of the molecule is CCOc1nc(C)c(NC(=O)C2CC(=O)N(c3ccc(C)c(C)c3)C2)c(C)n1. The predicted octanol–water partition coefficient (Wildman–Crippen LogP) is 3.10. The lowest BCUT2D eigenvalue weighted by Gasteiger charge is -2.18. The van der Waals surface area contributed by atoms with Crippen LogP contribution in [0.5, 0.6) is 6.01 Å². The van der Waals surface area contributed by atoms with Crippen molar-refractivity contribution in [1.29, 1.82) is 0 Å². The molecule has 0 aliphatic carbocycles. The van der Waals surface area contributed by atoms with E-state index in [1.165, 1.54) is 5.56 Å². The van der Waals surface area contributed by atoms with Crippen molar-refractivity contribution in [2.24, 2.45) is 5.92 Å². The Kier molecular flexibility index (Phi) is 5.63. The van der Waals surface area contributed by atoms with E-state index in [9.17, 15) is 9.59 Å². The second-order valence-corrected chi connectivity index (χ2v) is 7.15. The van der Waals surface area contributed by atoms with E-state index in [0.717, 1.165) is 11.3 Å². The van der Waals surface area contributed by atoms with Crippen molar-refractivity contribution in [2.75, 3.05) is 23.4 Å². The van der Waals surface area contributed by atoms with Crippen LogP contribution in [0.2, 0.25) is 0 Å². The first kappa shape index (κ1) is 19.8. The number of anilines is 2. The molecular weight excluding hydrogens is 356 g/mol. The molecular formula is C21H26N4O3. The summed E-state index contributed by atoms with van der Waals surface area (Å²) in [5, 5.41) is 2.90. The molecule has 28 heavy (non-hydrogen) atoms. The third-order valence-corrected chi connectivity index (χ3v) is 5.07. The van der Waals surface area contributed by atoms with E-state index in [0.29, 0.717) is 36.2 Å². The van der Waals surface area contributed by atoms with Crippen molar-refractivity contribution in [3.8, 4) is 6.01 Å². The van der Waals surface area contributed by atoms with Gasteiger partial charge in [-0.15, -0.1) is 0 Å². The first-order chi connectivity index (χ1) is 13.3. The van der Waals surface area contributed by atoms with Crippen LogP contribution < -0.4 is 15.0 Å². The number of amides is 2. The number of aromatic nitrogens is 2. The molecule has 0 saturated carbocycles. The Morgan fingerprint density at radius 2 is 1.86 bits per heavy atom. The molecule has 1 atom stereocenters. The van der Waals surface area contributed by atoms with Gasteiger partial charge in [-0.2, -0.15) is 9.97 Å². The van der Waals surface area contributed by atoms with Crippen molar-refractivity contribution >= 4 is 23.2 Å². The van der Waals surface area contributed by atoms with E-state index < -0.39 is 5.92 Å². The van der Waals surface area contributed by atoms with Crippen LogP contribution in [0, 0.1) is 33.6 Å². The van der Waals surface area contributed by atoms with Gasteiger partial charge in [0.2, 0.25) is 11.8 Å². The van der Waals surface area contributed by atoms with Crippen molar-refractivity contribution in [1.82, 2.24) is 9.97 Å². The maximum absolute atomic E-state index is 12.8. The van der Waals surface area contributed by atoms with Crippen LogP contribution in [0.3, 0.4) is 0 Å². The van der Waals surface area contributed by atoms with Crippen LogP contribution in [0.25, 0.3) is 0 Å². The van der Waals surface area contributed by atoms with E-state index in [-0.39, 0.29) is 18.2 Å². The van der Waals surface area contributed by atoms with Gasteiger partial charge in [-0.25, -0.2) is 0 Å². The largest absolute Gasteiger partial charge is 0.464 e. The van der Waals surface area contributed by atoms with E-state index in [1.807, 2.05) is 39.0 Å². The minimum absolute atomic E-state index is 0.0419. The van der Waals surface area contributed by atoms with Crippen LogP contribution in [-0.2, 0) is 9.59 Å². The Bertz CT molecular complexity index is 903. The minimum atomic E-state index is -0.417. The molecule has 0 bridgehead atoms. The fraction of sp³-hybridized carbons (Fsp3) is 0.429. The fourth-order valence-electron chi connectivity index (χ4n) is 3.31. The second kappa shape index (κ2) is 7.96. The molecule has 7 heteroatoms. The van der Waals surface area contributed by atoms with Gasteiger partial charge in [0.25, 0.3) is 0 Å². The van der Waals surface area contributed by atoms with Crippen LogP contribution in [0.1, 0.15) is 35.9 Å². The summed E-state index contributed by atoms with van der Waals surface area (Å²) in [7, 11) is 0. The number of ether oxygens (including phenoxy) is 1. The van der Waals surface area contributed by atoms with Gasteiger partial charge in [0.05, 0.1) is 29.6 Å². The topological polar surface area (TPSA) is 84.4 Å². The highest BCUT2D eigenvalue weighted by atomic mass is 16.5. The highest BCUT2D eigenvalue weighted by Gasteiger charge is 2.35. The molecule has 1 aliphatic rings. The predicted molar refractivity (Wildman–Crippen MR) is 108 cm³/mol. The van der Waals surface area contributed by atoms with Gasteiger partial charge in [-0.3, -0.25) is 9.59 Å². The quantitative estimate of drug-likeness (QED) is 0.859. The zero-order valence-electron chi connectivity index (χ0n) is 17.0. The van der Waals surface area contributed by atoms with E-state index in [1.54, 1.807) is 18.7 Å². The van der Waals surface area contributed by atoms with Gasteiger partial charge in [0, 0.05) is 18.7 Å². The van der Waals surface area contributed by atoms with Gasteiger partial charge in [-0.1, -0.05) is 6.07 Å². The van der Waals surface area contributed by atoms with Crippen LogP contribution in [-0.4, -0.2) is 34.9 Å². The van der Waals surface area contributed by atoms with Gasteiger partial charge < -0.3 is 15.0 Å².